The summed E-state index contributed by atoms with van der Waals surface area (Å²) in [4.78, 5) is 4.80. The zero-order valence-corrected chi connectivity index (χ0v) is 12.8. The number of likely N-dealkylation sites (tertiary alicyclic amines) is 1. The van der Waals surface area contributed by atoms with Crippen LogP contribution in [0.15, 0.2) is 30.3 Å². The van der Waals surface area contributed by atoms with Gasteiger partial charge in [-0.25, -0.2) is 0 Å². The summed E-state index contributed by atoms with van der Waals surface area (Å²) < 4.78 is 0. The maximum absolute atomic E-state index is 10.3. The molecule has 1 aliphatic rings. The summed E-state index contributed by atoms with van der Waals surface area (Å²) in [6.07, 6.45) is 2.20. The molecule has 1 aromatic carbocycles. The molecule has 0 unspecified atom stereocenters. The highest BCUT2D eigenvalue weighted by molar-refractivity contribution is 5.17. The predicted molar refractivity (Wildman–Crippen MR) is 83.7 cm³/mol. The van der Waals surface area contributed by atoms with E-state index in [1.165, 1.54) is 32.5 Å². The van der Waals surface area contributed by atoms with Gasteiger partial charge in [-0.15, -0.1) is 0 Å². The van der Waals surface area contributed by atoms with Gasteiger partial charge in [0.25, 0.3) is 0 Å². The third kappa shape index (κ3) is 4.58. The zero-order chi connectivity index (χ0) is 14.4. The van der Waals surface area contributed by atoms with Gasteiger partial charge in [-0.3, -0.25) is 0 Å². The second kappa shape index (κ2) is 7.77. The van der Waals surface area contributed by atoms with Crippen molar-refractivity contribution in [2.24, 2.45) is 5.92 Å². The SMILES string of the molecule is CCN1CCC(CN(C)C[C@H](O)c2ccccc2)CC1. The lowest BCUT2D eigenvalue weighted by Gasteiger charge is -2.33. The Morgan fingerprint density at radius 1 is 1.25 bits per heavy atom. The summed E-state index contributed by atoms with van der Waals surface area (Å²) in [5.41, 5.74) is 1.01. The molecule has 1 aromatic rings. The maximum Gasteiger partial charge on any atom is 0.0916 e. The van der Waals surface area contributed by atoms with Crippen LogP contribution in [0.2, 0.25) is 0 Å². The van der Waals surface area contributed by atoms with E-state index in [0.717, 1.165) is 24.6 Å². The molecule has 1 fully saturated rings. The van der Waals surface area contributed by atoms with Crippen LogP contribution in [0.5, 0.6) is 0 Å². The van der Waals surface area contributed by atoms with E-state index in [2.05, 4.69) is 23.8 Å². The van der Waals surface area contributed by atoms with E-state index in [1.807, 2.05) is 30.3 Å². The highest BCUT2D eigenvalue weighted by atomic mass is 16.3. The number of hydrogen-bond donors (Lipinski definition) is 1. The van der Waals surface area contributed by atoms with Crippen molar-refractivity contribution in [2.45, 2.75) is 25.9 Å². The van der Waals surface area contributed by atoms with Crippen molar-refractivity contribution in [3.63, 3.8) is 0 Å². The van der Waals surface area contributed by atoms with E-state index in [4.69, 9.17) is 0 Å². The first kappa shape index (κ1) is 15.5. The second-order valence-corrected chi connectivity index (χ2v) is 6.03. The summed E-state index contributed by atoms with van der Waals surface area (Å²) in [7, 11) is 2.12. The normalized spacial score (nSPS) is 19.4. The van der Waals surface area contributed by atoms with Crippen LogP contribution in [0.25, 0.3) is 0 Å². The number of benzene rings is 1. The Bertz CT molecular complexity index is 374. The third-order valence-electron chi connectivity index (χ3n) is 4.39. The van der Waals surface area contributed by atoms with E-state index >= 15 is 0 Å². The molecule has 3 nitrogen and oxygen atoms in total. The third-order valence-corrected chi connectivity index (χ3v) is 4.39. The van der Waals surface area contributed by atoms with Gasteiger partial charge < -0.3 is 14.9 Å². The summed E-state index contributed by atoms with van der Waals surface area (Å²) >= 11 is 0. The molecule has 1 saturated heterocycles. The quantitative estimate of drug-likeness (QED) is 0.864. The summed E-state index contributed by atoms with van der Waals surface area (Å²) in [5, 5.41) is 10.3. The van der Waals surface area contributed by atoms with Gasteiger partial charge in [0.2, 0.25) is 0 Å². The number of hydrogen-bond acceptors (Lipinski definition) is 3. The minimum Gasteiger partial charge on any atom is -0.387 e. The van der Waals surface area contributed by atoms with Crippen LogP contribution in [0.3, 0.4) is 0 Å². The van der Waals surface area contributed by atoms with Gasteiger partial charge >= 0.3 is 0 Å². The van der Waals surface area contributed by atoms with E-state index in [0.29, 0.717) is 0 Å². The smallest absolute Gasteiger partial charge is 0.0916 e. The van der Waals surface area contributed by atoms with Gasteiger partial charge in [-0.1, -0.05) is 37.3 Å². The topological polar surface area (TPSA) is 26.7 Å². The Morgan fingerprint density at radius 3 is 2.50 bits per heavy atom. The second-order valence-electron chi connectivity index (χ2n) is 6.03. The molecule has 1 aliphatic heterocycles. The van der Waals surface area contributed by atoms with Crippen LogP contribution in [0.1, 0.15) is 31.4 Å². The van der Waals surface area contributed by atoms with Crippen LogP contribution >= 0.6 is 0 Å². The number of aliphatic hydroxyl groups is 1. The largest absolute Gasteiger partial charge is 0.387 e. The predicted octanol–water partition coefficient (Wildman–Crippen LogP) is 2.38. The molecular weight excluding hydrogens is 248 g/mol. The fourth-order valence-electron chi connectivity index (χ4n) is 3.08. The lowest BCUT2D eigenvalue weighted by Crippen LogP contribution is -2.38. The Morgan fingerprint density at radius 2 is 1.90 bits per heavy atom. The lowest BCUT2D eigenvalue weighted by molar-refractivity contribution is 0.103. The minimum atomic E-state index is -0.378. The van der Waals surface area contributed by atoms with Crippen molar-refractivity contribution in [1.82, 2.24) is 9.80 Å². The molecule has 0 saturated carbocycles. The lowest BCUT2D eigenvalue weighted by atomic mass is 9.96. The monoisotopic (exact) mass is 276 g/mol. The van der Waals surface area contributed by atoms with Gasteiger partial charge in [0, 0.05) is 13.1 Å². The summed E-state index contributed by atoms with van der Waals surface area (Å²) in [6.45, 7) is 7.70. The molecular formula is C17H28N2O. The van der Waals surface area contributed by atoms with Crippen molar-refractivity contribution < 1.29 is 5.11 Å². The molecule has 3 heteroatoms. The van der Waals surface area contributed by atoms with Gasteiger partial charge in [0.1, 0.15) is 0 Å². The first-order valence-corrected chi connectivity index (χ1v) is 7.83. The zero-order valence-electron chi connectivity index (χ0n) is 12.8. The van der Waals surface area contributed by atoms with Crippen LogP contribution in [0.4, 0.5) is 0 Å². The molecule has 2 rings (SSSR count). The number of rotatable bonds is 6. The minimum absolute atomic E-state index is 0.378. The summed E-state index contributed by atoms with van der Waals surface area (Å²) in [5.74, 6) is 0.783. The standard InChI is InChI=1S/C17H28N2O/c1-3-19-11-9-15(10-12-19)13-18(2)14-17(20)16-7-5-4-6-8-16/h4-8,15,17,20H,3,9-14H2,1-2H3/t17-/m0/s1. The molecule has 1 N–H and O–H groups in total. The fraction of sp³-hybridized carbons (Fsp3) is 0.647. The van der Waals surface area contributed by atoms with E-state index in [-0.39, 0.29) is 6.10 Å². The highest BCUT2D eigenvalue weighted by Crippen LogP contribution is 2.19. The Kier molecular flexibility index (Phi) is 6.02. The van der Waals surface area contributed by atoms with E-state index in [1.54, 1.807) is 0 Å². The van der Waals surface area contributed by atoms with Gasteiger partial charge in [0.15, 0.2) is 0 Å². The molecule has 112 valence electrons. The van der Waals surface area contributed by atoms with Crippen LogP contribution < -0.4 is 0 Å². The van der Waals surface area contributed by atoms with Crippen LogP contribution in [-0.2, 0) is 0 Å². The average molecular weight is 276 g/mol. The average Bonchev–Trinajstić information content (AvgIpc) is 2.49. The first-order valence-electron chi connectivity index (χ1n) is 7.83. The van der Waals surface area contributed by atoms with Gasteiger partial charge in [-0.05, 0) is 51.0 Å². The molecule has 1 atom stereocenters. The van der Waals surface area contributed by atoms with Crippen molar-refractivity contribution in [3.05, 3.63) is 35.9 Å². The summed E-state index contributed by atoms with van der Waals surface area (Å²) in [6, 6.07) is 9.95. The number of aliphatic hydroxyl groups excluding tert-OH is 1. The van der Waals surface area contributed by atoms with Crippen LogP contribution in [-0.4, -0.2) is 54.7 Å². The highest BCUT2D eigenvalue weighted by Gasteiger charge is 2.20. The molecule has 0 aromatic heterocycles. The molecule has 0 spiro atoms. The van der Waals surface area contributed by atoms with Crippen molar-refractivity contribution >= 4 is 0 Å². The van der Waals surface area contributed by atoms with E-state index in [9.17, 15) is 5.11 Å². The fourth-order valence-corrected chi connectivity index (χ4v) is 3.08. The van der Waals surface area contributed by atoms with Gasteiger partial charge in [-0.2, -0.15) is 0 Å². The number of likely N-dealkylation sites (N-methyl/N-ethyl adjacent to an activating group) is 1. The molecule has 0 aliphatic carbocycles. The van der Waals surface area contributed by atoms with Crippen molar-refractivity contribution in [1.29, 1.82) is 0 Å². The number of piperidine rings is 1. The van der Waals surface area contributed by atoms with Gasteiger partial charge in [0.05, 0.1) is 6.10 Å². The van der Waals surface area contributed by atoms with Crippen molar-refractivity contribution in [3.8, 4) is 0 Å². The Balaban J connectivity index is 1.74. The molecule has 1 heterocycles. The molecule has 0 radical (unpaired) electrons. The Labute approximate surface area is 123 Å². The molecule has 0 amide bonds. The van der Waals surface area contributed by atoms with Crippen molar-refractivity contribution in [2.75, 3.05) is 39.8 Å². The molecule has 0 bridgehead atoms. The molecule has 20 heavy (non-hydrogen) atoms. The van der Waals surface area contributed by atoms with Crippen LogP contribution in [0, 0.1) is 5.92 Å². The van der Waals surface area contributed by atoms with E-state index < -0.39 is 0 Å². The maximum atomic E-state index is 10.3. The first-order chi connectivity index (χ1) is 9.69. The Hall–Kier alpha value is -0.900. The number of nitrogens with zero attached hydrogens (tertiary/aromatic N) is 2.